The van der Waals surface area contributed by atoms with E-state index in [-0.39, 0.29) is 12.1 Å². The Kier molecular flexibility index (Phi) is 3.83. The minimum Gasteiger partial charge on any atom is -0.397 e. The third-order valence-electron chi connectivity index (χ3n) is 2.60. The molecule has 3 nitrogen and oxygen atoms in total. The number of hydrogen-bond donors (Lipinski definition) is 3. The lowest BCUT2D eigenvalue weighted by molar-refractivity contribution is 0.219. The number of nitrogen functional groups attached to an aromatic ring is 1. The van der Waals surface area contributed by atoms with Crippen LogP contribution in [-0.2, 0) is 0 Å². The summed E-state index contributed by atoms with van der Waals surface area (Å²) in [5.41, 5.74) is 6.70. The zero-order valence-corrected chi connectivity index (χ0v) is 9.80. The molecule has 0 aliphatic heterocycles. The Morgan fingerprint density at radius 1 is 1.53 bits per heavy atom. The monoisotopic (exact) mass is 228 g/mol. The molecule has 0 heterocycles. The van der Waals surface area contributed by atoms with Gasteiger partial charge in [-0.15, -0.1) is 0 Å². The van der Waals surface area contributed by atoms with Gasteiger partial charge in [0.2, 0.25) is 0 Å². The van der Waals surface area contributed by atoms with Crippen molar-refractivity contribution in [1.29, 1.82) is 0 Å². The molecule has 0 amide bonds. The summed E-state index contributed by atoms with van der Waals surface area (Å²) in [5, 5.41) is 13.0. The number of nitrogens with one attached hydrogen (secondary N) is 1. The van der Waals surface area contributed by atoms with Gasteiger partial charge in [0.05, 0.1) is 28.5 Å². The first-order valence-corrected chi connectivity index (χ1v) is 5.33. The number of halogens is 1. The van der Waals surface area contributed by atoms with Crippen LogP contribution in [0.3, 0.4) is 0 Å². The van der Waals surface area contributed by atoms with E-state index in [0.29, 0.717) is 16.4 Å². The molecule has 0 saturated heterocycles. The van der Waals surface area contributed by atoms with Crippen LogP contribution in [-0.4, -0.2) is 17.3 Å². The van der Waals surface area contributed by atoms with E-state index in [1.165, 1.54) is 0 Å². The van der Waals surface area contributed by atoms with E-state index in [0.717, 1.165) is 6.42 Å². The van der Waals surface area contributed by atoms with Gasteiger partial charge in [-0.2, -0.15) is 0 Å². The Morgan fingerprint density at radius 3 is 2.67 bits per heavy atom. The van der Waals surface area contributed by atoms with Gasteiger partial charge in [-0.3, -0.25) is 0 Å². The lowest BCUT2D eigenvalue weighted by Crippen LogP contribution is -2.38. The molecular weight excluding hydrogens is 212 g/mol. The molecule has 1 aromatic rings. The Morgan fingerprint density at radius 2 is 2.20 bits per heavy atom. The fourth-order valence-corrected chi connectivity index (χ4v) is 1.44. The number of para-hydroxylation sites is 1. The Balaban J connectivity index is 2.98. The van der Waals surface area contributed by atoms with Gasteiger partial charge < -0.3 is 16.2 Å². The van der Waals surface area contributed by atoms with Crippen molar-refractivity contribution in [3.63, 3.8) is 0 Å². The molecule has 4 N–H and O–H groups in total. The molecule has 0 radical (unpaired) electrons. The van der Waals surface area contributed by atoms with E-state index in [1.54, 1.807) is 18.2 Å². The first-order valence-electron chi connectivity index (χ1n) is 4.95. The summed E-state index contributed by atoms with van der Waals surface area (Å²) in [6.45, 7) is 3.96. The molecule has 1 rings (SSSR count). The van der Waals surface area contributed by atoms with E-state index >= 15 is 0 Å². The van der Waals surface area contributed by atoms with Crippen molar-refractivity contribution in [3.05, 3.63) is 23.2 Å². The van der Waals surface area contributed by atoms with E-state index in [4.69, 9.17) is 17.3 Å². The van der Waals surface area contributed by atoms with Crippen molar-refractivity contribution in [2.24, 2.45) is 0 Å². The van der Waals surface area contributed by atoms with Gasteiger partial charge in [0.1, 0.15) is 0 Å². The summed E-state index contributed by atoms with van der Waals surface area (Å²) < 4.78 is 0. The third kappa shape index (κ3) is 2.76. The maximum atomic E-state index is 9.28. The summed E-state index contributed by atoms with van der Waals surface area (Å²) in [7, 11) is 0. The van der Waals surface area contributed by atoms with E-state index in [2.05, 4.69) is 5.32 Å². The molecule has 0 aliphatic rings. The van der Waals surface area contributed by atoms with E-state index in [1.807, 2.05) is 13.8 Å². The van der Waals surface area contributed by atoms with Crippen LogP contribution in [0.25, 0.3) is 0 Å². The molecule has 15 heavy (non-hydrogen) atoms. The van der Waals surface area contributed by atoms with Crippen LogP contribution in [0.5, 0.6) is 0 Å². The van der Waals surface area contributed by atoms with Gasteiger partial charge in [-0.25, -0.2) is 0 Å². The minimum absolute atomic E-state index is 0.0359. The summed E-state index contributed by atoms with van der Waals surface area (Å²) in [6, 6.07) is 5.35. The second kappa shape index (κ2) is 4.73. The average molecular weight is 229 g/mol. The first kappa shape index (κ1) is 12.1. The fraction of sp³-hybridized carbons (Fsp3) is 0.455. The molecule has 0 aliphatic carbocycles. The second-order valence-electron chi connectivity index (χ2n) is 3.90. The molecule has 0 bridgehead atoms. The molecule has 1 aromatic carbocycles. The second-order valence-corrected chi connectivity index (χ2v) is 4.31. The first-order chi connectivity index (χ1) is 7.02. The van der Waals surface area contributed by atoms with Crippen LogP contribution in [0, 0.1) is 0 Å². The number of rotatable bonds is 4. The van der Waals surface area contributed by atoms with Crippen LogP contribution < -0.4 is 11.1 Å². The maximum Gasteiger partial charge on any atom is 0.0768 e. The van der Waals surface area contributed by atoms with Crippen molar-refractivity contribution in [3.8, 4) is 0 Å². The Bertz CT molecular complexity index is 317. The molecule has 0 saturated carbocycles. The van der Waals surface area contributed by atoms with Crippen LogP contribution in [0.15, 0.2) is 18.2 Å². The lowest BCUT2D eigenvalue weighted by atomic mass is 9.99. The largest absolute Gasteiger partial charge is 0.397 e. The topological polar surface area (TPSA) is 58.3 Å². The molecule has 1 atom stereocenters. The van der Waals surface area contributed by atoms with Gasteiger partial charge >= 0.3 is 0 Å². The zero-order valence-electron chi connectivity index (χ0n) is 9.05. The predicted octanol–water partition coefficient (Wildman–Crippen LogP) is 2.50. The van der Waals surface area contributed by atoms with Crippen LogP contribution in [0.1, 0.15) is 20.3 Å². The molecule has 1 unspecified atom stereocenters. The highest BCUT2D eigenvalue weighted by Crippen LogP contribution is 2.31. The quantitative estimate of drug-likeness (QED) is 0.694. The molecule has 84 valence electrons. The standard InChI is InChI=1S/C11H17ClN2O/c1-3-11(2,7-15)14-10-8(12)5-4-6-9(10)13/h4-6,14-15H,3,7,13H2,1-2H3. The summed E-state index contributed by atoms with van der Waals surface area (Å²) in [4.78, 5) is 0. The zero-order chi connectivity index (χ0) is 11.5. The van der Waals surface area contributed by atoms with Crippen molar-refractivity contribution in [1.82, 2.24) is 0 Å². The molecule has 4 heteroatoms. The third-order valence-corrected chi connectivity index (χ3v) is 2.92. The Labute approximate surface area is 95.2 Å². The van der Waals surface area contributed by atoms with E-state index < -0.39 is 0 Å². The minimum atomic E-state index is -0.390. The summed E-state index contributed by atoms with van der Waals surface area (Å²) in [5.74, 6) is 0. The molecule has 0 aromatic heterocycles. The van der Waals surface area contributed by atoms with Gasteiger partial charge in [-0.1, -0.05) is 24.6 Å². The van der Waals surface area contributed by atoms with Gasteiger partial charge in [-0.05, 0) is 25.5 Å². The number of nitrogens with two attached hydrogens (primary N) is 1. The number of aliphatic hydroxyl groups excluding tert-OH is 1. The highest BCUT2D eigenvalue weighted by atomic mass is 35.5. The summed E-state index contributed by atoms with van der Waals surface area (Å²) in [6.07, 6.45) is 0.786. The SMILES string of the molecule is CCC(C)(CO)Nc1c(N)cccc1Cl. The van der Waals surface area contributed by atoms with Gasteiger partial charge in [0, 0.05) is 0 Å². The van der Waals surface area contributed by atoms with Crippen molar-refractivity contribution >= 4 is 23.0 Å². The van der Waals surface area contributed by atoms with Crippen molar-refractivity contribution in [2.75, 3.05) is 17.7 Å². The highest BCUT2D eigenvalue weighted by molar-refractivity contribution is 6.33. The van der Waals surface area contributed by atoms with Crippen LogP contribution >= 0.6 is 11.6 Å². The number of aliphatic hydroxyl groups is 1. The van der Waals surface area contributed by atoms with Crippen LogP contribution in [0.2, 0.25) is 5.02 Å². The highest BCUT2D eigenvalue weighted by Gasteiger charge is 2.22. The van der Waals surface area contributed by atoms with Gasteiger partial charge in [0.25, 0.3) is 0 Å². The normalized spacial score (nSPS) is 14.7. The molecule has 0 spiro atoms. The number of anilines is 2. The van der Waals surface area contributed by atoms with Gasteiger partial charge in [0.15, 0.2) is 0 Å². The van der Waals surface area contributed by atoms with E-state index in [9.17, 15) is 5.11 Å². The fourth-order valence-electron chi connectivity index (χ4n) is 1.21. The lowest BCUT2D eigenvalue weighted by Gasteiger charge is -2.29. The van der Waals surface area contributed by atoms with Crippen molar-refractivity contribution < 1.29 is 5.11 Å². The maximum absolute atomic E-state index is 9.28. The number of benzene rings is 1. The van der Waals surface area contributed by atoms with Crippen molar-refractivity contribution in [2.45, 2.75) is 25.8 Å². The average Bonchev–Trinajstić information content (AvgIpc) is 2.23. The van der Waals surface area contributed by atoms with Crippen LogP contribution in [0.4, 0.5) is 11.4 Å². The Hall–Kier alpha value is -0.930. The predicted molar refractivity (Wildman–Crippen MR) is 65.3 cm³/mol. The summed E-state index contributed by atoms with van der Waals surface area (Å²) >= 11 is 6.03. The number of hydrogen-bond acceptors (Lipinski definition) is 3. The molecule has 0 fully saturated rings. The molecular formula is C11H17ClN2O. The smallest absolute Gasteiger partial charge is 0.0768 e.